The zero-order chi connectivity index (χ0) is 10.8. The first-order chi connectivity index (χ1) is 7.22. The second-order valence-corrected chi connectivity index (χ2v) is 4.67. The highest BCUT2D eigenvalue weighted by Crippen LogP contribution is 2.24. The van der Waals surface area contributed by atoms with Crippen LogP contribution in [0.5, 0.6) is 0 Å². The fourth-order valence-corrected chi connectivity index (χ4v) is 2.26. The summed E-state index contributed by atoms with van der Waals surface area (Å²) in [6, 6.07) is 2.22. The van der Waals surface area contributed by atoms with Gasteiger partial charge in [-0.25, -0.2) is 0 Å². The molecule has 0 fully saturated rings. The predicted octanol–water partition coefficient (Wildman–Crippen LogP) is 2.29. The van der Waals surface area contributed by atoms with Crippen LogP contribution < -0.4 is 0 Å². The molecule has 1 aromatic heterocycles. The van der Waals surface area contributed by atoms with Crippen molar-refractivity contribution in [1.29, 1.82) is 5.26 Å². The Kier molecular flexibility index (Phi) is 2.77. The van der Waals surface area contributed by atoms with Crippen molar-refractivity contribution in [3.63, 3.8) is 0 Å². The van der Waals surface area contributed by atoms with Gasteiger partial charge in [0.15, 0.2) is 5.69 Å². The molecule has 0 bridgehead atoms. The molecule has 0 spiro atoms. The average Bonchev–Trinajstić information content (AvgIpc) is 2.56. The molecule has 3 nitrogen and oxygen atoms in total. The van der Waals surface area contributed by atoms with Crippen molar-refractivity contribution in [3.8, 4) is 6.07 Å². The molecule has 1 aliphatic rings. The van der Waals surface area contributed by atoms with Crippen LogP contribution in [-0.4, -0.2) is 9.78 Å². The van der Waals surface area contributed by atoms with Crippen LogP contribution in [0.2, 0.25) is 0 Å². The minimum atomic E-state index is 0.586. The fraction of sp³-hybridized carbons (Fsp3) is 0.667. The Labute approximate surface area is 90.7 Å². The van der Waals surface area contributed by atoms with Crippen molar-refractivity contribution in [3.05, 3.63) is 17.0 Å². The van der Waals surface area contributed by atoms with Gasteiger partial charge in [0.2, 0.25) is 0 Å². The highest BCUT2D eigenvalue weighted by Gasteiger charge is 2.20. The second kappa shape index (κ2) is 4.06. The molecule has 3 heteroatoms. The predicted molar refractivity (Wildman–Crippen MR) is 58.4 cm³/mol. The molecular formula is C12H17N3. The minimum Gasteiger partial charge on any atom is -0.268 e. The summed E-state index contributed by atoms with van der Waals surface area (Å²) in [5.74, 6) is 0.586. The van der Waals surface area contributed by atoms with Crippen LogP contribution in [0.15, 0.2) is 0 Å². The van der Waals surface area contributed by atoms with Crippen LogP contribution in [0.1, 0.15) is 43.6 Å². The van der Waals surface area contributed by atoms with Crippen molar-refractivity contribution < 1.29 is 0 Å². The first-order valence-corrected chi connectivity index (χ1v) is 5.71. The third kappa shape index (κ3) is 1.90. The number of nitriles is 1. The zero-order valence-corrected chi connectivity index (χ0v) is 9.45. The molecule has 0 aromatic carbocycles. The van der Waals surface area contributed by atoms with Crippen LogP contribution in [0.25, 0.3) is 0 Å². The molecule has 1 aliphatic carbocycles. The highest BCUT2D eigenvalue weighted by atomic mass is 15.3. The van der Waals surface area contributed by atoms with Crippen molar-refractivity contribution in [2.24, 2.45) is 5.92 Å². The smallest absolute Gasteiger partial charge is 0.165 e. The Balaban J connectivity index is 2.39. The highest BCUT2D eigenvalue weighted by molar-refractivity contribution is 5.36. The number of hydrogen-bond acceptors (Lipinski definition) is 2. The lowest BCUT2D eigenvalue weighted by molar-refractivity contribution is 0.460. The van der Waals surface area contributed by atoms with Crippen molar-refractivity contribution in [2.75, 3.05) is 0 Å². The van der Waals surface area contributed by atoms with E-state index in [1.165, 1.54) is 24.1 Å². The maximum atomic E-state index is 9.02. The summed E-state index contributed by atoms with van der Waals surface area (Å²) in [5, 5.41) is 13.4. The third-order valence-electron chi connectivity index (χ3n) is 2.90. The van der Waals surface area contributed by atoms with Crippen LogP contribution in [0.3, 0.4) is 0 Å². The molecule has 15 heavy (non-hydrogen) atoms. The summed E-state index contributed by atoms with van der Waals surface area (Å²) in [6.07, 6.45) is 4.57. The Morgan fingerprint density at radius 1 is 1.40 bits per heavy atom. The van der Waals surface area contributed by atoms with Gasteiger partial charge >= 0.3 is 0 Å². The fourth-order valence-electron chi connectivity index (χ4n) is 2.26. The Bertz CT molecular complexity index is 396. The van der Waals surface area contributed by atoms with E-state index in [2.05, 4.69) is 29.7 Å². The van der Waals surface area contributed by atoms with Gasteiger partial charge in [-0.1, -0.05) is 13.8 Å². The normalized spacial score (nSPS) is 15.1. The van der Waals surface area contributed by atoms with Crippen molar-refractivity contribution in [1.82, 2.24) is 9.78 Å². The number of fused-ring (bicyclic) bond motifs is 1. The summed E-state index contributed by atoms with van der Waals surface area (Å²) in [6.45, 7) is 5.30. The molecule has 2 rings (SSSR count). The summed E-state index contributed by atoms with van der Waals surface area (Å²) in [5.41, 5.74) is 3.18. The van der Waals surface area contributed by atoms with E-state index in [1.807, 2.05) is 0 Å². The maximum Gasteiger partial charge on any atom is 0.165 e. The molecule has 0 radical (unpaired) electrons. The molecule has 80 valence electrons. The minimum absolute atomic E-state index is 0.586. The van der Waals surface area contributed by atoms with E-state index in [1.54, 1.807) is 0 Å². The lowest BCUT2D eigenvalue weighted by Crippen LogP contribution is -2.12. The second-order valence-electron chi connectivity index (χ2n) is 4.67. The summed E-state index contributed by atoms with van der Waals surface area (Å²) in [7, 11) is 0. The van der Waals surface area contributed by atoms with Gasteiger partial charge in [0.05, 0.1) is 0 Å². The molecule has 0 aliphatic heterocycles. The van der Waals surface area contributed by atoms with Crippen LogP contribution in [0, 0.1) is 17.2 Å². The van der Waals surface area contributed by atoms with Crippen molar-refractivity contribution in [2.45, 2.75) is 46.1 Å². The molecule has 0 saturated heterocycles. The molecule has 1 heterocycles. The summed E-state index contributed by atoms with van der Waals surface area (Å²) >= 11 is 0. The largest absolute Gasteiger partial charge is 0.268 e. The lowest BCUT2D eigenvalue weighted by atomic mass is 9.96. The van der Waals surface area contributed by atoms with Crippen molar-refractivity contribution >= 4 is 0 Å². The van der Waals surface area contributed by atoms with Gasteiger partial charge in [-0.3, -0.25) is 4.68 Å². The van der Waals surface area contributed by atoms with E-state index in [0.29, 0.717) is 11.6 Å². The lowest BCUT2D eigenvalue weighted by Gasteiger charge is -2.14. The number of hydrogen-bond donors (Lipinski definition) is 0. The monoisotopic (exact) mass is 203 g/mol. The zero-order valence-electron chi connectivity index (χ0n) is 9.45. The Morgan fingerprint density at radius 3 is 2.80 bits per heavy atom. The molecule has 0 saturated carbocycles. The SMILES string of the molecule is CC(C)Cn1nc(C#N)c2c1CCCC2. The maximum absolute atomic E-state index is 9.02. The first kappa shape index (κ1) is 10.2. The van der Waals surface area contributed by atoms with Crippen LogP contribution in [-0.2, 0) is 19.4 Å². The molecule has 0 unspecified atom stereocenters. The number of rotatable bonds is 2. The van der Waals surface area contributed by atoms with Crippen LogP contribution in [0.4, 0.5) is 0 Å². The number of nitrogens with zero attached hydrogens (tertiary/aromatic N) is 3. The molecular weight excluding hydrogens is 186 g/mol. The van der Waals surface area contributed by atoms with Gasteiger partial charge in [-0.2, -0.15) is 10.4 Å². The molecule has 0 amide bonds. The topological polar surface area (TPSA) is 41.6 Å². The van der Waals surface area contributed by atoms with Gasteiger partial charge in [0, 0.05) is 17.8 Å². The summed E-state index contributed by atoms with van der Waals surface area (Å²) < 4.78 is 2.05. The summed E-state index contributed by atoms with van der Waals surface area (Å²) in [4.78, 5) is 0. The van der Waals surface area contributed by atoms with E-state index < -0.39 is 0 Å². The van der Waals surface area contributed by atoms with Crippen LogP contribution >= 0.6 is 0 Å². The van der Waals surface area contributed by atoms with E-state index in [4.69, 9.17) is 5.26 Å². The van der Waals surface area contributed by atoms with Gasteiger partial charge in [-0.05, 0) is 31.6 Å². The Hall–Kier alpha value is -1.30. The molecule has 0 N–H and O–H groups in total. The molecule has 0 atom stereocenters. The Morgan fingerprint density at radius 2 is 2.13 bits per heavy atom. The standard InChI is InChI=1S/C12H17N3/c1-9(2)8-15-12-6-4-3-5-10(12)11(7-13)14-15/h9H,3-6,8H2,1-2H3. The number of aromatic nitrogens is 2. The third-order valence-corrected chi connectivity index (χ3v) is 2.90. The van der Waals surface area contributed by atoms with Gasteiger partial charge in [-0.15, -0.1) is 0 Å². The molecule has 1 aromatic rings. The van der Waals surface area contributed by atoms with E-state index in [-0.39, 0.29) is 0 Å². The van der Waals surface area contributed by atoms with Gasteiger partial charge in [0.1, 0.15) is 6.07 Å². The van der Waals surface area contributed by atoms with Gasteiger partial charge < -0.3 is 0 Å². The quantitative estimate of drug-likeness (QED) is 0.740. The first-order valence-electron chi connectivity index (χ1n) is 5.71. The van der Waals surface area contributed by atoms with Gasteiger partial charge in [0.25, 0.3) is 0 Å². The average molecular weight is 203 g/mol. The van der Waals surface area contributed by atoms with E-state index >= 15 is 0 Å². The van der Waals surface area contributed by atoms with E-state index in [9.17, 15) is 0 Å². The van der Waals surface area contributed by atoms with E-state index in [0.717, 1.165) is 19.4 Å².